The molecular formula is C15H22N2O. The van der Waals surface area contributed by atoms with Crippen LogP contribution >= 0.6 is 0 Å². The van der Waals surface area contributed by atoms with E-state index in [0.29, 0.717) is 12.5 Å². The van der Waals surface area contributed by atoms with Crippen LogP contribution in [0.3, 0.4) is 0 Å². The average molecular weight is 246 g/mol. The summed E-state index contributed by atoms with van der Waals surface area (Å²) in [5, 5.41) is 6.49. The van der Waals surface area contributed by atoms with Crippen LogP contribution in [0.2, 0.25) is 0 Å². The zero-order valence-corrected chi connectivity index (χ0v) is 10.8. The predicted octanol–water partition coefficient (Wildman–Crippen LogP) is 1.88. The number of carbonyl (C=O) groups excluding carboxylic acids is 1. The minimum Gasteiger partial charge on any atom is -0.352 e. The summed E-state index contributed by atoms with van der Waals surface area (Å²) in [6.07, 6.45) is 4.93. The van der Waals surface area contributed by atoms with E-state index >= 15 is 0 Å². The van der Waals surface area contributed by atoms with Crippen LogP contribution in [-0.4, -0.2) is 25.0 Å². The molecule has 1 amide bonds. The highest BCUT2D eigenvalue weighted by molar-refractivity contribution is 5.76. The molecule has 0 aromatic heterocycles. The van der Waals surface area contributed by atoms with Gasteiger partial charge in [0.15, 0.2) is 0 Å². The third kappa shape index (κ3) is 4.49. The summed E-state index contributed by atoms with van der Waals surface area (Å²) < 4.78 is 0. The van der Waals surface area contributed by atoms with Gasteiger partial charge in [0, 0.05) is 19.0 Å². The summed E-state index contributed by atoms with van der Waals surface area (Å²) in [5.74, 6) is 0.174. The second-order valence-electron chi connectivity index (χ2n) is 4.95. The third-order valence-corrected chi connectivity index (χ3v) is 3.40. The summed E-state index contributed by atoms with van der Waals surface area (Å²) >= 11 is 0. The van der Waals surface area contributed by atoms with E-state index in [0.717, 1.165) is 25.9 Å². The van der Waals surface area contributed by atoms with Crippen molar-refractivity contribution in [2.24, 2.45) is 0 Å². The highest BCUT2D eigenvalue weighted by Gasteiger charge is 2.13. The minimum atomic E-state index is 0.174. The monoisotopic (exact) mass is 246 g/mol. The molecule has 0 saturated carbocycles. The summed E-state index contributed by atoms with van der Waals surface area (Å²) in [6.45, 7) is 1.99. The van der Waals surface area contributed by atoms with Crippen LogP contribution in [0.4, 0.5) is 0 Å². The normalized spacial score (nSPS) is 20.1. The number of aryl methyl sites for hydroxylation is 1. The summed E-state index contributed by atoms with van der Waals surface area (Å²) in [6, 6.07) is 10.5. The molecular weight excluding hydrogens is 224 g/mol. The number of nitrogens with one attached hydrogen (secondary N) is 2. The van der Waals surface area contributed by atoms with Crippen LogP contribution < -0.4 is 10.6 Å². The Morgan fingerprint density at radius 1 is 1.28 bits per heavy atom. The molecule has 1 heterocycles. The van der Waals surface area contributed by atoms with Crippen LogP contribution in [0.5, 0.6) is 0 Å². The minimum absolute atomic E-state index is 0.174. The van der Waals surface area contributed by atoms with Gasteiger partial charge in [-0.3, -0.25) is 4.79 Å². The van der Waals surface area contributed by atoms with Gasteiger partial charge in [-0.05, 0) is 31.4 Å². The molecule has 18 heavy (non-hydrogen) atoms. The molecule has 3 nitrogen and oxygen atoms in total. The topological polar surface area (TPSA) is 41.1 Å². The number of amides is 1. The Balaban J connectivity index is 1.71. The third-order valence-electron chi connectivity index (χ3n) is 3.40. The van der Waals surface area contributed by atoms with Crippen molar-refractivity contribution in [3.63, 3.8) is 0 Å². The highest BCUT2D eigenvalue weighted by atomic mass is 16.1. The lowest BCUT2D eigenvalue weighted by atomic mass is 10.1. The maximum Gasteiger partial charge on any atom is 0.220 e. The zero-order chi connectivity index (χ0) is 12.6. The van der Waals surface area contributed by atoms with Crippen LogP contribution in [0.25, 0.3) is 0 Å². The van der Waals surface area contributed by atoms with Crippen molar-refractivity contribution in [1.29, 1.82) is 0 Å². The van der Waals surface area contributed by atoms with Gasteiger partial charge in [-0.1, -0.05) is 36.8 Å². The van der Waals surface area contributed by atoms with Gasteiger partial charge in [-0.2, -0.15) is 0 Å². The molecule has 1 unspecified atom stereocenters. The molecule has 1 aromatic carbocycles. The van der Waals surface area contributed by atoms with Crippen molar-refractivity contribution in [3.05, 3.63) is 35.9 Å². The zero-order valence-electron chi connectivity index (χ0n) is 10.8. The predicted molar refractivity (Wildman–Crippen MR) is 73.4 cm³/mol. The Kier molecular flexibility index (Phi) is 5.21. The van der Waals surface area contributed by atoms with E-state index in [1.54, 1.807) is 0 Å². The van der Waals surface area contributed by atoms with Crippen molar-refractivity contribution in [3.8, 4) is 0 Å². The summed E-state index contributed by atoms with van der Waals surface area (Å²) in [4.78, 5) is 11.9. The number of hydrogen-bond donors (Lipinski definition) is 2. The Hall–Kier alpha value is -1.35. The highest BCUT2D eigenvalue weighted by Crippen LogP contribution is 2.06. The SMILES string of the molecule is O=C(CCc1ccccc1)NC1CCCCNC1. The number of rotatable bonds is 4. The van der Waals surface area contributed by atoms with Gasteiger partial charge in [-0.25, -0.2) is 0 Å². The van der Waals surface area contributed by atoms with E-state index in [-0.39, 0.29) is 5.91 Å². The fraction of sp³-hybridized carbons (Fsp3) is 0.533. The summed E-state index contributed by atoms with van der Waals surface area (Å²) in [7, 11) is 0. The molecule has 0 radical (unpaired) electrons. The molecule has 1 aromatic rings. The van der Waals surface area contributed by atoms with Crippen molar-refractivity contribution in [2.45, 2.75) is 38.1 Å². The largest absolute Gasteiger partial charge is 0.352 e. The van der Waals surface area contributed by atoms with Gasteiger partial charge in [0.1, 0.15) is 0 Å². The first-order chi connectivity index (χ1) is 8.84. The van der Waals surface area contributed by atoms with Gasteiger partial charge < -0.3 is 10.6 Å². The molecule has 1 fully saturated rings. The lowest BCUT2D eigenvalue weighted by Crippen LogP contribution is -2.40. The van der Waals surface area contributed by atoms with E-state index in [2.05, 4.69) is 22.8 Å². The van der Waals surface area contributed by atoms with Gasteiger partial charge in [0.05, 0.1) is 0 Å². The molecule has 1 atom stereocenters. The van der Waals surface area contributed by atoms with E-state index in [9.17, 15) is 4.79 Å². The molecule has 0 aliphatic carbocycles. The molecule has 0 spiro atoms. The average Bonchev–Trinajstić information content (AvgIpc) is 2.66. The molecule has 1 saturated heterocycles. The second-order valence-corrected chi connectivity index (χ2v) is 4.95. The first-order valence-corrected chi connectivity index (χ1v) is 6.88. The summed E-state index contributed by atoms with van der Waals surface area (Å²) in [5.41, 5.74) is 1.23. The number of benzene rings is 1. The molecule has 2 N–H and O–H groups in total. The fourth-order valence-electron chi connectivity index (χ4n) is 2.34. The standard InChI is InChI=1S/C15H22N2O/c18-15(10-9-13-6-2-1-3-7-13)17-14-8-4-5-11-16-12-14/h1-3,6-7,14,16H,4-5,8-12H2,(H,17,18). The van der Waals surface area contributed by atoms with Crippen molar-refractivity contribution < 1.29 is 4.79 Å². The van der Waals surface area contributed by atoms with Crippen LogP contribution in [0.1, 0.15) is 31.2 Å². The molecule has 98 valence electrons. The van der Waals surface area contributed by atoms with Crippen molar-refractivity contribution in [2.75, 3.05) is 13.1 Å². The molecule has 1 aliphatic heterocycles. The van der Waals surface area contributed by atoms with Crippen molar-refractivity contribution >= 4 is 5.91 Å². The first-order valence-electron chi connectivity index (χ1n) is 6.88. The van der Waals surface area contributed by atoms with Crippen molar-refractivity contribution in [1.82, 2.24) is 10.6 Å². The second kappa shape index (κ2) is 7.17. The van der Waals surface area contributed by atoms with Gasteiger partial charge in [0.2, 0.25) is 5.91 Å². The van der Waals surface area contributed by atoms with E-state index in [1.807, 2.05) is 18.2 Å². The van der Waals surface area contributed by atoms with Crippen LogP contribution in [-0.2, 0) is 11.2 Å². The van der Waals surface area contributed by atoms with Crippen LogP contribution in [0, 0.1) is 0 Å². The Morgan fingerprint density at radius 3 is 2.94 bits per heavy atom. The number of carbonyl (C=O) groups is 1. The smallest absolute Gasteiger partial charge is 0.220 e. The van der Waals surface area contributed by atoms with Gasteiger partial charge in [0.25, 0.3) is 0 Å². The number of hydrogen-bond acceptors (Lipinski definition) is 2. The Bertz CT molecular complexity index is 356. The molecule has 0 bridgehead atoms. The lowest BCUT2D eigenvalue weighted by molar-refractivity contribution is -0.121. The van der Waals surface area contributed by atoms with E-state index in [4.69, 9.17) is 0 Å². The maximum absolute atomic E-state index is 11.9. The van der Waals surface area contributed by atoms with Crippen LogP contribution in [0.15, 0.2) is 30.3 Å². The van der Waals surface area contributed by atoms with Gasteiger partial charge >= 0.3 is 0 Å². The van der Waals surface area contributed by atoms with E-state index < -0.39 is 0 Å². The fourth-order valence-corrected chi connectivity index (χ4v) is 2.34. The first kappa shape index (κ1) is 13.1. The quantitative estimate of drug-likeness (QED) is 0.851. The van der Waals surface area contributed by atoms with Gasteiger partial charge in [-0.15, -0.1) is 0 Å². The Labute approximate surface area is 109 Å². The van der Waals surface area contributed by atoms with E-state index in [1.165, 1.54) is 18.4 Å². The maximum atomic E-state index is 11.9. The molecule has 1 aliphatic rings. The Morgan fingerprint density at radius 2 is 2.11 bits per heavy atom. The molecule has 2 rings (SSSR count). The lowest BCUT2D eigenvalue weighted by Gasteiger charge is -2.16. The molecule has 3 heteroatoms.